The third-order valence-corrected chi connectivity index (χ3v) is 7.01. The second-order valence-corrected chi connectivity index (χ2v) is 9.33. The smallest absolute Gasteiger partial charge is 0.224 e. The molecule has 0 amide bonds. The van der Waals surface area contributed by atoms with Gasteiger partial charge in [-0.15, -0.1) is 11.3 Å². The molecule has 1 saturated carbocycles. The number of anilines is 2. The predicted octanol–water partition coefficient (Wildman–Crippen LogP) is 2.76. The van der Waals surface area contributed by atoms with Crippen LogP contribution in [0.4, 0.5) is 11.8 Å². The van der Waals surface area contributed by atoms with Gasteiger partial charge in [-0.1, -0.05) is 12.1 Å². The van der Waals surface area contributed by atoms with E-state index in [1.165, 1.54) is 11.3 Å². The van der Waals surface area contributed by atoms with Gasteiger partial charge in [0.2, 0.25) is 5.95 Å². The molecule has 178 valence electrons. The largest absolute Gasteiger partial charge is 0.396 e. The number of benzene rings is 1. The zero-order valence-electron chi connectivity index (χ0n) is 18.9. The normalized spacial score (nSPS) is 22.7. The first-order valence-electron chi connectivity index (χ1n) is 11.3. The topological polar surface area (TPSA) is 133 Å². The van der Waals surface area contributed by atoms with Gasteiger partial charge in [-0.25, -0.2) is 9.97 Å². The van der Waals surface area contributed by atoms with Gasteiger partial charge in [0.15, 0.2) is 5.72 Å². The summed E-state index contributed by atoms with van der Waals surface area (Å²) in [5, 5.41) is 38.4. The monoisotopic (exact) mass is 473 g/mol. The summed E-state index contributed by atoms with van der Waals surface area (Å²) in [4.78, 5) is 14.0. The van der Waals surface area contributed by atoms with Crippen molar-refractivity contribution in [2.75, 3.05) is 37.0 Å². The minimum atomic E-state index is -1.61. The SMILES string of the molecule is CCOCCCNc1nc(C)c(-c2nc3ccccc3s2)c(NC2(O)CCC(CO)C2O)n1. The Kier molecular flexibility index (Phi) is 7.40. The summed E-state index contributed by atoms with van der Waals surface area (Å²) < 4.78 is 6.42. The number of nitrogens with one attached hydrogen (secondary N) is 2. The van der Waals surface area contributed by atoms with Crippen molar-refractivity contribution < 1.29 is 20.1 Å². The molecular weight excluding hydrogens is 442 g/mol. The Morgan fingerprint density at radius 2 is 2.06 bits per heavy atom. The Labute approximate surface area is 196 Å². The third kappa shape index (κ3) is 5.10. The van der Waals surface area contributed by atoms with Crippen LogP contribution in [0.3, 0.4) is 0 Å². The molecule has 2 heterocycles. The first-order valence-corrected chi connectivity index (χ1v) is 12.1. The lowest BCUT2D eigenvalue weighted by Crippen LogP contribution is -2.48. The molecule has 2 aromatic heterocycles. The molecule has 5 N–H and O–H groups in total. The molecule has 0 aliphatic heterocycles. The minimum absolute atomic E-state index is 0.189. The van der Waals surface area contributed by atoms with E-state index >= 15 is 0 Å². The van der Waals surface area contributed by atoms with E-state index in [0.29, 0.717) is 55.6 Å². The molecule has 0 saturated heterocycles. The number of para-hydroxylation sites is 1. The average Bonchev–Trinajstić information content (AvgIpc) is 3.34. The van der Waals surface area contributed by atoms with Gasteiger partial charge >= 0.3 is 0 Å². The average molecular weight is 474 g/mol. The lowest BCUT2D eigenvalue weighted by atomic mass is 10.0. The van der Waals surface area contributed by atoms with Gasteiger partial charge in [-0.2, -0.15) is 4.98 Å². The van der Waals surface area contributed by atoms with E-state index in [1.807, 2.05) is 38.1 Å². The van der Waals surface area contributed by atoms with Gasteiger partial charge in [-0.05, 0) is 45.2 Å². The van der Waals surface area contributed by atoms with Crippen LogP contribution in [0.2, 0.25) is 0 Å². The van der Waals surface area contributed by atoms with E-state index in [-0.39, 0.29) is 6.61 Å². The van der Waals surface area contributed by atoms with Crippen LogP contribution in [0.25, 0.3) is 20.8 Å². The van der Waals surface area contributed by atoms with Crippen LogP contribution in [-0.4, -0.2) is 68.5 Å². The number of aliphatic hydroxyl groups excluding tert-OH is 2. The van der Waals surface area contributed by atoms with Crippen molar-refractivity contribution in [3.05, 3.63) is 30.0 Å². The maximum atomic E-state index is 11.2. The van der Waals surface area contributed by atoms with Crippen molar-refractivity contribution in [3.8, 4) is 10.6 Å². The standard InChI is InChI=1S/C23H31N5O4S/c1-3-32-12-6-11-24-22-25-14(2)18(21-26-16-7-4-5-8-17(16)33-21)20(27-22)28-23(31)10-9-15(13-29)19(23)30/h4-5,7-8,15,19,29-31H,3,6,9-13H2,1-2H3,(H2,24,25,27,28). The van der Waals surface area contributed by atoms with Crippen molar-refractivity contribution in [2.45, 2.75) is 44.9 Å². The predicted molar refractivity (Wildman–Crippen MR) is 129 cm³/mol. The highest BCUT2D eigenvalue weighted by Crippen LogP contribution is 2.40. The number of hydrogen-bond acceptors (Lipinski definition) is 10. The van der Waals surface area contributed by atoms with Gasteiger partial charge in [0.05, 0.1) is 21.5 Å². The van der Waals surface area contributed by atoms with Crippen molar-refractivity contribution in [2.24, 2.45) is 5.92 Å². The molecule has 33 heavy (non-hydrogen) atoms. The number of fused-ring (bicyclic) bond motifs is 1. The van der Waals surface area contributed by atoms with Gasteiger partial charge in [-0.3, -0.25) is 0 Å². The third-order valence-electron chi connectivity index (χ3n) is 5.95. The molecule has 3 unspecified atom stereocenters. The fourth-order valence-electron chi connectivity index (χ4n) is 4.13. The Bertz CT molecular complexity index is 1060. The van der Waals surface area contributed by atoms with Crippen LogP contribution < -0.4 is 10.6 Å². The van der Waals surface area contributed by atoms with Crippen LogP contribution in [0.5, 0.6) is 0 Å². The van der Waals surface area contributed by atoms with Crippen molar-refractivity contribution >= 4 is 33.3 Å². The number of aliphatic hydroxyl groups is 3. The molecule has 0 spiro atoms. The van der Waals surface area contributed by atoms with E-state index < -0.39 is 17.7 Å². The lowest BCUT2D eigenvalue weighted by molar-refractivity contribution is -0.0545. The van der Waals surface area contributed by atoms with E-state index in [2.05, 4.69) is 20.6 Å². The Hall–Kier alpha value is -2.37. The first-order chi connectivity index (χ1) is 15.9. The summed E-state index contributed by atoms with van der Waals surface area (Å²) in [6.45, 7) is 5.61. The van der Waals surface area contributed by atoms with Crippen molar-refractivity contribution in [1.29, 1.82) is 0 Å². The molecule has 1 aliphatic rings. The molecule has 0 bridgehead atoms. The number of hydrogen-bond donors (Lipinski definition) is 5. The lowest BCUT2D eigenvalue weighted by Gasteiger charge is -2.31. The number of nitrogens with zero attached hydrogens (tertiary/aromatic N) is 3. The second-order valence-electron chi connectivity index (χ2n) is 8.30. The molecule has 3 atom stereocenters. The number of ether oxygens (including phenoxy) is 1. The van der Waals surface area contributed by atoms with Crippen LogP contribution in [0.1, 0.15) is 31.9 Å². The zero-order chi connectivity index (χ0) is 23.4. The first kappa shape index (κ1) is 23.8. The Balaban J connectivity index is 1.68. The maximum absolute atomic E-state index is 11.2. The maximum Gasteiger partial charge on any atom is 0.224 e. The molecule has 1 aliphatic carbocycles. The highest BCUT2D eigenvalue weighted by Gasteiger charge is 2.47. The van der Waals surface area contributed by atoms with Gasteiger partial charge in [0.1, 0.15) is 16.9 Å². The summed E-state index contributed by atoms with van der Waals surface area (Å²) in [5.41, 5.74) is 0.657. The van der Waals surface area contributed by atoms with Crippen molar-refractivity contribution in [3.63, 3.8) is 0 Å². The van der Waals surface area contributed by atoms with Gasteiger partial charge < -0.3 is 30.7 Å². The van der Waals surface area contributed by atoms with E-state index in [0.717, 1.165) is 21.6 Å². The summed E-state index contributed by atoms with van der Waals surface area (Å²) >= 11 is 1.52. The number of rotatable bonds is 10. The number of thiazole rings is 1. The second kappa shape index (κ2) is 10.3. The highest BCUT2D eigenvalue weighted by atomic mass is 32.1. The van der Waals surface area contributed by atoms with Crippen LogP contribution in [0.15, 0.2) is 24.3 Å². The Morgan fingerprint density at radius 3 is 2.79 bits per heavy atom. The van der Waals surface area contributed by atoms with Gasteiger partial charge in [0, 0.05) is 32.3 Å². The minimum Gasteiger partial charge on any atom is -0.396 e. The number of aromatic nitrogens is 3. The molecule has 9 nitrogen and oxygen atoms in total. The molecule has 1 fully saturated rings. The molecular formula is C23H31N5O4S. The van der Waals surface area contributed by atoms with E-state index in [4.69, 9.17) is 9.72 Å². The van der Waals surface area contributed by atoms with E-state index in [1.54, 1.807) is 0 Å². The van der Waals surface area contributed by atoms with Crippen molar-refractivity contribution in [1.82, 2.24) is 15.0 Å². The van der Waals surface area contributed by atoms with Crippen LogP contribution in [-0.2, 0) is 4.74 Å². The Morgan fingerprint density at radius 1 is 1.24 bits per heavy atom. The van der Waals surface area contributed by atoms with Crippen LogP contribution >= 0.6 is 11.3 Å². The molecule has 0 radical (unpaired) electrons. The summed E-state index contributed by atoms with van der Waals surface area (Å²) in [7, 11) is 0. The highest BCUT2D eigenvalue weighted by molar-refractivity contribution is 7.21. The quantitative estimate of drug-likeness (QED) is 0.223. The fraction of sp³-hybridized carbons (Fsp3) is 0.522. The summed E-state index contributed by atoms with van der Waals surface area (Å²) in [5.74, 6) is 0.424. The number of aryl methyl sites for hydroxylation is 1. The van der Waals surface area contributed by atoms with Gasteiger partial charge in [0.25, 0.3) is 0 Å². The molecule has 10 heteroatoms. The molecule has 4 rings (SSSR count). The summed E-state index contributed by atoms with van der Waals surface area (Å²) in [6, 6.07) is 7.87. The summed E-state index contributed by atoms with van der Waals surface area (Å²) in [6.07, 6.45) is 0.478. The van der Waals surface area contributed by atoms with E-state index in [9.17, 15) is 15.3 Å². The van der Waals surface area contributed by atoms with Crippen LogP contribution in [0, 0.1) is 12.8 Å². The fourth-order valence-corrected chi connectivity index (χ4v) is 5.19. The molecule has 1 aromatic carbocycles. The zero-order valence-corrected chi connectivity index (χ0v) is 19.7. The molecule has 3 aromatic rings.